The fourth-order valence-corrected chi connectivity index (χ4v) is 2.11. The van der Waals surface area contributed by atoms with Crippen LogP contribution in [0.2, 0.25) is 0 Å². The third-order valence-electron chi connectivity index (χ3n) is 2.18. The molecule has 2 nitrogen and oxygen atoms in total. The Bertz CT molecular complexity index is 377. The summed E-state index contributed by atoms with van der Waals surface area (Å²) >= 11 is 6.78. The number of esters is 1. The Morgan fingerprint density at radius 2 is 2.19 bits per heavy atom. The first-order chi connectivity index (χ1) is 7.54. The Labute approximate surface area is 113 Å². The number of halogens is 2. The Morgan fingerprint density at radius 3 is 2.75 bits per heavy atom. The molecule has 1 rings (SSSR count). The van der Waals surface area contributed by atoms with Crippen molar-refractivity contribution in [3.05, 3.63) is 33.8 Å². The van der Waals surface area contributed by atoms with E-state index >= 15 is 0 Å². The van der Waals surface area contributed by atoms with Crippen LogP contribution in [0.5, 0.6) is 0 Å². The molecule has 1 atom stereocenters. The third-order valence-corrected chi connectivity index (χ3v) is 3.77. The van der Waals surface area contributed by atoms with Crippen molar-refractivity contribution in [3.63, 3.8) is 0 Å². The van der Waals surface area contributed by atoms with Gasteiger partial charge < -0.3 is 4.74 Å². The topological polar surface area (TPSA) is 26.3 Å². The van der Waals surface area contributed by atoms with Crippen molar-refractivity contribution < 1.29 is 9.53 Å². The van der Waals surface area contributed by atoms with E-state index in [1.807, 2.05) is 19.1 Å². The Hall–Kier alpha value is -0.350. The maximum atomic E-state index is 11.4. The summed E-state index contributed by atoms with van der Waals surface area (Å²) in [5.74, 6) is -0.205. The number of carbonyl (C=O) groups excluding carboxylic acids is 1. The Kier molecular flexibility index (Phi) is 5.49. The molecular weight excluding hydrogens is 336 g/mol. The molecule has 0 aromatic heterocycles. The predicted molar refractivity (Wildman–Crippen MR) is 71.9 cm³/mol. The molecule has 1 unspecified atom stereocenters. The van der Waals surface area contributed by atoms with Crippen molar-refractivity contribution in [1.29, 1.82) is 0 Å². The maximum Gasteiger partial charge on any atom is 0.320 e. The number of alkyl halides is 1. The number of carbonyl (C=O) groups is 1. The normalized spacial score (nSPS) is 12.2. The lowest BCUT2D eigenvalue weighted by Crippen LogP contribution is -2.19. The number of hydrogen-bond acceptors (Lipinski definition) is 2. The highest BCUT2D eigenvalue weighted by molar-refractivity contribution is 9.10. The van der Waals surface area contributed by atoms with E-state index in [1.54, 1.807) is 6.92 Å². The molecule has 0 aliphatic heterocycles. The molecule has 0 aliphatic rings. The van der Waals surface area contributed by atoms with Gasteiger partial charge >= 0.3 is 5.97 Å². The molecule has 0 fully saturated rings. The molecular formula is C12H14Br2O2. The standard InChI is InChI=1S/C12H14Br2O2/c1-3-16-12(15)11(14)7-9-4-5-10(13)8(2)6-9/h4-6,11H,3,7H2,1-2H3. The van der Waals surface area contributed by atoms with Crippen LogP contribution in [0, 0.1) is 6.92 Å². The lowest BCUT2D eigenvalue weighted by atomic mass is 10.1. The zero-order valence-corrected chi connectivity index (χ0v) is 12.5. The van der Waals surface area contributed by atoms with Gasteiger partial charge in [-0.1, -0.05) is 44.0 Å². The summed E-state index contributed by atoms with van der Waals surface area (Å²) in [4.78, 5) is 11.2. The molecule has 4 heteroatoms. The molecule has 16 heavy (non-hydrogen) atoms. The number of ether oxygens (including phenoxy) is 1. The Balaban J connectivity index is 2.66. The highest BCUT2D eigenvalue weighted by Crippen LogP contribution is 2.19. The summed E-state index contributed by atoms with van der Waals surface area (Å²) in [6.45, 7) is 4.25. The first-order valence-corrected chi connectivity index (χ1v) is 6.81. The van der Waals surface area contributed by atoms with Gasteiger partial charge in [0.1, 0.15) is 4.83 Å². The summed E-state index contributed by atoms with van der Waals surface area (Å²) in [6.07, 6.45) is 0.646. The van der Waals surface area contributed by atoms with E-state index in [2.05, 4.69) is 37.9 Å². The molecule has 0 saturated heterocycles. The molecule has 0 saturated carbocycles. The van der Waals surface area contributed by atoms with Gasteiger partial charge in [0, 0.05) is 4.47 Å². The highest BCUT2D eigenvalue weighted by Gasteiger charge is 2.16. The largest absolute Gasteiger partial charge is 0.465 e. The van der Waals surface area contributed by atoms with Crippen LogP contribution in [0.1, 0.15) is 18.1 Å². The van der Waals surface area contributed by atoms with E-state index in [-0.39, 0.29) is 10.8 Å². The smallest absolute Gasteiger partial charge is 0.320 e. The van der Waals surface area contributed by atoms with Crippen LogP contribution >= 0.6 is 31.9 Å². The van der Waals surface area contributed by atoms with Gasteiger partial charge in [0.25, 0.3) is 0 Å². The lowest BCUT2D eigenvalue weighted by molar-refractivity contribution is -0.142. The van der Waals surface area contributed by atoms with E-state index in [4.69, 9.17) is 4.74 Å². The van der Waals surface area contributed by atoms with Gasteiger partial charge in [0.2, 0.25) is 0 Å². The minimum Gasteiger partial charge on any atom is -0.465 e. The molecule has 1 aromatic rings. The second kappa shape index (κ2) is 6.40. The van der Waals surface area contributed by atoms with E-state index in [0.29, 0.717) is 13.0 Å². The first-order valence-electron chi connectivity index (χ1n) is 5.10. The summed E-state index contributed by atoms with van der Waals surface area (Å²) in [5, 5.41) is 0. The number of hydrogen-bond donors (Lipinski definition) is 0. The van der Waals surface area contributed by atoms with Crippen LogP contribution in [0.4, 0.5) is 0 Å². The van der Waals surface area contributed by atoms with Crippen LogP contribution in [-0.2, 0) is 16.0 Å². The number of benzene rings is 1. The van der Waals surface area contributed by atoms with Crippen LogP contribution in [0.25, 0.3) is 0 Å². The van der Waals surface area contributed by atoms with Crippen molar-refractivity contribution >= 4 is 37.8 Å². The average Bonchev–Trinajstić information content (AvgIpc) is 2.24. The van der Waals surface area contributed by atoms with Crippen molar-refractivity contribution in [2.45, 2.75) is 25.1 Å². The summed E-state index contributed by atoms with van der Waals surface area (Å²) < 4.78 is 6.02. The zero-order valence-electron chi connectivity index (χ0n) is 9.30. The van der Waals surface area contributed by atoms with E-state index < -0.39 is 0 Å². The molecule has 1 aromatic carbocycles. The van der Waals surface area contributed by atoms with Crippen LogP contribution in [0.15, 0.2) is 22.7 Å². The molecule has 0 spiro atoms. The van der Waals surface area contributed by atoms with Gasteiger partial charge in [-0.2, -0.15) is 0 Å². The molecule has 0 heterocycles. The second-order valence-electron chi connectivity index (χ2n) is 3.51. The van der Waals surface area contributed by atoms with E-state index in [1.165, 1.54) is 5.56 Å². The van der Waals surface area contributed by atoms with Crippen molar-refractivity contribution in [2.24, 2.45) is 0 Å². The van der Waals surface area contributed by atoms with E-state index in [0.717, 1.165) is 10.0 Å². The van der Waals surface area contributed by atoms with Crippen molar-refractivity contribution in [3.8, 4) is 0 Å². The summed E-state index contributed by atoms with van der Waals surface area (Å²) in [6, 6.07) is 6.07. The van der Waals surface area contributed by atoms with E-state index in [9.17, 15) is 4.79 Å². The molecule has 0 N–H and O–H groups in total. The summed E-state index contributed by atoms with van der Waals surface area (Å²) in [7, 11) is 0. The van der Waals surface area contributed by atoms with Gasteiger partial charge in [-0.15, -0.1) is 0 Å². The molecule has 0 aliphatic carbocycles. The molecule has 0 radical (unpaired) electrons. The SMILES string of the molecule is CCOC(=O)C(Br)Cc1ccc(Br)c(C)c1. The average molecular weight is 350 g/mol. The van der Waals surface area contributed by atoms with Gasteiger partial charge in [0.15, 0.2) is 0 Å². The van der Waals surface area contributed by atoms with Crippen molar-refractivity contribution in [1.82, 2.24) is 0 Å². The number of aryl methyl sites for hydroxylation is 1. The maximum absolute atomic E-state index is 11.4. The molecule has 88 valence electrons. The highest BCUT2D eigenvalue weighted by atomic mass is 79.9. The van der Waals surface area contributed by atoms with Crippen LogP contribution in [-0.4, -0.2) is 17.4 Å². The molecule has 0 bridgehead atoms. The van der Waals surface area contributed by atoms with Gasteiger partial charge in [-0.3, -0.25) is 4.79 Å². The van der Waals surface area contributed by atoms with Gasteiger partial charge in [-0.25, -0.2) is 0 Å². The van der Waals surface area contributed by atoms with Crippen LogP contribution < -0.4 is 0 Å². The fourth-order valence-electron chi connectivity index (χ4n) is 1.36. The summed E-state index contributed by atoms with van der Waals surface area (Å²) in [5.41, 5.74) is 2.29. The van der Waals surface area contributed by atoms with Gasteiger partial charge in [-0.05, 0) is 37.5 Å². The monoisotopic (exact) mass is 348 g/mol. The minimum absolute atomic E-state index is 0.205. The van der Waals surface area contributed by atoms with Gasteiger partial charge in [0.05, 0.1) is 6.61 Å². The predicted octanol–water partition coefficient (Wildman–Crippen LogP) is 3.63. The lowest BCUT2D eigenvalue weighted by Gasteiger charge is -2.09. The quantitative estimate of drug-likeness (QED) is 0.613. The van der Waals surface area contributed by atoms with Crippen molar-refractivity contribution in [2.75, 3.05) is 6.61 Å². The zero-order chi connectivity index (χ0) is 12.1. The first kappa shape index (κ1) is 13.7. The third kappa shape index (κ3) is 3.91. The fraction of sp³-hybridized carbons (Fsp3) is 0.417. The minimum atomic E-state index is -0.270. The second-order valence-corrected chi connectivity index (χ2v) is 5.47. The number of rotatable bonds is 4. The van der Waals surface area contributed by atoms with Crippen LogP contribution in [0.3, 0.4) is 0 Å². The Morgan fingerprint density at radius 1 is 1.50 bits per heavy atom. The molecule has 0 amide bonds.